The van der Waals surface area contributed by atoms with Crippen molar-refractivity contribution in [2.45, 2.75) is 33.1 Å². The molecule has 0 saturated heterocycles. The lowest BCUT2D eigenvalue weighted by Crippen LogP contribution is -2.34. The molecule has 0 radical (unpaired) electrons. The maximum Gasteiger partial charge on any atom is 0.329 e. The van der Waals surface area contributed by atoms with Crippen molar-refractivity contribution in [1.82, 2.24) is 0 Å². The topological polar surface area (TPSA) is 69.7 Å². The number of unbranched alkanes of at least 4 members (excludes halogenated alkanes) is 2. The maximum absolute atomic E-state index is 12.1. The molecule has 0 fully saturated rings. The Kier molecular flexibility index (Phi) is 6.69. The largest absolute Gasteiger partial charge is 0.494 e. The Bertz CT molecular complexity index is 697. The summed E-state index contributed by atoms with van der Waals surface area (Å²) in [6.45, 7) is 4.32. The highest BCUT2D eigenvalue weighted by Gasteiger charge is 2.36. The molecule has 1 aliphatic heterocycles. The number of benzene rings is 1. The van der Waals surface area contributed by atoms with E-state index < -0.39 is 23.5 Å². The van der Waals surface area contributed by atoms with Gasteiger partial charge in [-0.1, -0.05) is 38.0 Å². The number of allylic oxidation sites excluding steroid dienone is 3. The van der Waals surface area contributed by atoms with E-state index in [1.54, 1.807) is 6.08 Å². The zero-order valence-corrected chi connectivity index (χ0v) is 14.5. The summed E-state index contributed by atoms with van der Waals surface area (Å²) >= 11 is 0. The van der Waals surface area contributed by atoms with Crippen LogP contribution in [0.1, 0.15) is 38.7 Å². The molecule has 5 nitrogen and oxygen atoms in total. The van der Waals surface area contributed by atoms with Crippen molar-refractivity contribution in [2.75, 3.05) is 6.61 Å². The molecule has 0 aromatic heterocycles. The van der Waals surface area contributed by atoms with Crippen LogP contribution in [0.4, 0.5) is 0 Å². The molecule has 0 aliphatic carbocycles. The normalized spacial score (nSPS) is 17.4. The van der Waals surface area contributed by atoms with Gasteiger partial charge in [0.2, 0.25) is 0 Å². The second-order valence-corrected chi connectivity index (χ2v) is 5.87. The molecule has 1 heterocycles. The van der Waals surface area contributed by atoms with Gasteiger partial charge in [-0.25, -0.2) is 0 Å². The third-order valence-electron chi connectivity index (χ3n) is 3.75. The fourth-order valence-electron chi connectivity index (χ4n) is 2.40. The predicted molar refractivity (Wildman–Crippen MR) is 93.8 cm³/mol. The molecular weight excluding hydrogens is 320 g/mol. The maximum atomic E-state index is 12.1. The first-order valence-corrected chi connectivity index (χ1v) is 8.40. The molecule has 0 amide bonds. The molecule has 0 bridgehead atoms. The molecule has 1 atom stereocenters. The molecule has 1 aromatic carbocycles. The second kappa shape index (κ2) is 8.97. The van der Waals surface area contributed by atoms with Gasteiger partial charge in [-0.3, -0.25) is 14.4 Å². The number of rotatable bonds is 8. The average molecular weight is 342 g/mol. The van der Waals surface area contributed by atoms with Gasteiger partial charge in [-0.2, -0.15) is 0 Å². The number of carbonyl (C=O) groups is 3. The van der Waals surface area contributed by atoms with Gasteiger partial charge in [-0.15, -0.1) is 0 Å². The van der Waals surface area contributed by atoms with E-state index in [0.29, 0.717) is 6.61 Å². The molecule has 1 aliphatic rings. The number of esters is 1. The van der Waals surface area contributed by atoms with Crippen molar-refractivity contribution >= 4 is 23.6 Å². The Labute approximate surface area is 147 Å². The summed E-state index contributed by atoms with van der Waals surface area (Å²) in [7, 11) is 0. The molecule has 0 N–H and O–H groups in total. The minimum Gasteiger partial charge on any atom is -0.494 e. The standard InChI is InChI=1S/C20H22O5/c1-3-4-5-12-24-16-9-6-15(7-10-16)8-11-17(21)19-18(22)13-14(2)25-20(19)23/h6-11,13,19H,3-5,12H2,1-2H3/b11-8+. The average Bonchev–Trinajstić information content (AvgIpc) is 2.57. The van der Waals surface area contributed by atoms with E-state index in [4.69, 9.17) is 9.47 Å². The summed E-state index contributed by atoms with van der Waals surface area (Å²) < 4.78 is 10.5. The van der Waals surface area contributed by atoms with Gasteiger partial charge in [0.25, 0.3) is 0 Å². The van der Waals surface area contributed by atoms with Gasteiger partial charge in [0, 0.05) is 6.08 Å². The highest BCUT2D eigenvalue weighted by Crippen LogP contribution is 2.18. The SMILES string of the molecule is CCCCCOc1ccc(/C=C/C(=O)C2C(=O)C=C(C)OC2=O)cc1. The number of ketones is 2. The van der Waals surface area contributed by atoms with Crippen molar-refractivity contribution in [3.05, 3.63) is 47.7 Å². The van der Waals surface area contributed by atoms with Crippen LogP contribution in [0.15, 0.2) is 42.2 Å². The smallest absolute Gasteiger partial charge is 0.329 e. The first kappa shape index (κ1) is 18.6. The van der Waals surface area contributed by atoms with Gasteiger partial charge in [0.15, 0.2) is 17.5 Å². The first-order chi connectivity index (χ1) is 12.0. The zero-order chi connectivity index (χ0) is 18.2. The fourth-order valence-corrected chi connectivity index (χ4v) is 2.40. The Balaban J connectivity index is 1.94. The van der Waals surface area contributed by atoms with Crippen LogP contribution in [0.2, 0.25) is 0 Å². The zero-order valence-electron chi connectivity index (χ0n) is 14.5. The lowest BCUT2D eigenvalue weighted by Gasteiger charge is -2.15. The number of cyclic esters (lactones) is 1. The number of ether oxygens (including phenoxy) is 2. The van der Waals surface area contributed by atoms with Gasteiger partial charge >= 0.3 is 5.97 Å². The van der Waals surface area contributed by atoms with Crippen molar-refractivity contribution in [2.24, 2.45) is 5.92 Å². The van der Waals surface area contributed by atoms with Crippen LogP contribution in [0.5, 0.6) is 5.75 Å². The number of hydrogen-bond donors (Lipinski definition) is 0. The molecule has 0 saturated carbocycles. The number of carbonyl (C=O) groups excluding carboxylic acids is 3. The van der Waals surface area contributed by atoms with E-state index in [1.807, 2.05) is 24.3 Å². The summed E-state index contributed by atoms with van der Waals surface area (Å²) in [5.74, 6) is -2.38. The van der Waals surface area contributed by atoms with Gasteiger partial charge in [-0.05, 0) is 37.1 Å². The Morgan fingerprint density at radius 1 is 1.20 bits per heavy atom. The summed E-state index contributed by atoms with van der Waals surface area (Å²) in [6, 6.07) is 7.26. The van der Waals surface area contributed by atoms with Gasteiger partial charge < -0.3 is 9.47 Å². The fraction of sp³-hybridized carbons (Fsp3) is 0.350. The Morgan fingerprint density at radius 3 is 2.56 bits per heavy atom. The summed E-state index contributed by atoms with van der Waals surface area (Å²) in [5, 5.41) is 0. The van der Waals surface area contributed by atoms with E-state index in [-0.39, 0.29) is 5.76 Å². The van der Waals surface area contributed by atoms with Crippen LogP contribution in [-0.2, 0) is 19.1 Å². The van der Waals surface area contributed by atoms with Gasteiger partial charge in [0.05, 0.1) is 6.61 Å². The van der Waals surface area contributed by atoms with Crippen LogP contribution in [-0.4, -0.2) is 24.1 Å². The van der Waals surface area contributed by atoms with E-state index in [2.05, 4.69) is 6.92 Å². The minimum absolute atomic E-state index is 0.206. The summed E-state index contributed by atoms with van der Waals surface area (Å²) in [6.07, 6.45) is 7.27. The van der Waals surface area contributed by atoms with E-state index >= 15 is 0 Å². The highest BCUT2D eigenvalue weighted by molar-refractivity contribution is 6.25. The molecule has 1 unspecified atom stereocenters. The first-order valence-electron chi connectivity index (χ1n) is 8.40. The van der Waals surface area contributed by atoms with Crippen LogP contribution in [0.25, 0.3) is 6.08 Å². The Morgan fingerprint density at radius 2 is 1.92 bits per heavy atom. The van der Waals surface area contributed by atoms with Crippen molar-refractivity contribution < 1.29 is 23.9 Å². The summed E-state index contributed by atoms with van der Waals surface area (Å²) in [5.41, 5.74) is 0.776. The summed E-state index contributed by atoms with van der Waals surface area (Å²) in [4.78, 5) is 35.6. The monoisotopic (exact) mass is 342 g/mol. The molecule has 5 heteroatoms. The van der Waals surface area contributed by atoms with E-state index in [0.717, 1.165) is 30.6 Å². The van der Waals surface area contributed by atoms with Crippen molar-refractivity contribution in [1.29, 1.82) is 0 Å². The molecule has 25 heavy (non-hydrogen) atoms. The molecule has 1 aromatic rings. The molecular formula is C20H22O5. The van der Waals surface area contributed by atoms with Crippen LogP contribution in [0, 0.1) is 5.92 Å². The van der Waals surface area contributed by atoms with Crippen molar-refractivity contribution in [3.63, 3.8) is 0 Å². The third-order valence-corrected chi connectivity index (χ3v) is 3.75. The number of hydrogen-bond acceptors (Lipinski definition) is 5. The minimum atomic E-state index is -1.40. The molecule has 132 valence electrons. The lowest BCUT2D eigenvalue weighted by atomic mass is 9.96. The molecule has 2 rings (SSSR count). The predicted octanol–water partition coefficient (Wildman–Crippen LogP) is 3.48. The van der Waals surface area contributed by atoms with Crippen molar-refractivity contribution in [3.8, 4) is 5.75 Å². The molecule has 0 spiro atoms. The van der Waals surface area contributed by atoms with E-state index in [1.165, 1.54) is 19.1 Å². The van der Waals surface area contributed by atoms with Crippen LogP contribution < -0.4 is 4.74 Å². The highest BCUT2D eigenvalue weighted by atomic mass is 16.5. The van der Waals surface area contributed by atoms with Crippen LogP contribution in [0.3, 0.4) is 0 Å². The lowest BCUT2D eigenvalue weighted by molar-refractivity contribution is -0.151. The quantitative estimate of drug-likeness (QED) is 0.313. The van der Waals surface area contributed by atoms with Crippen LogP contribution >= 0.6 is 0 Å². The Hall–Kier alpha value is -2.69. The second-order valence-electron chi connectivity index (χ2n) is 5.87. The van der Waals surface area contributed by atoms with Gasteiger partial charge in [0.1, 0.15) is 11.5 Å². The van der Waals surface area contributed by atoms with E-state index in [9.17, 15) is 14.4 Å². The third kappa shape index (κ3) is 5.41.